The molecule has 1 heteroatoms. The normalized spacial score (nSPS) is 11.4. The number of hydrogen-bond donors (Lipinski definition) is 0. The zero-order valence-corrected chi connectivity index (χ0v) is 11.7. The minimum atomic E-state index is 0.579. The SMILES string of the molecule is Cc1cc(-n2ccc3ccccc32)ccc1C(C)C. The Bertz CT molecular complexity index is 719. The number of hydrogen-bond acceptors (Lipinski definition) is 0. The molecule has 0 saturated heterocycles. The second-order valence-corrected chi connectivity index (χ2v) is 5.44. The first kappa shape index (κ1) is 12.0. The zero-order valence-electron chi connectivity index (χ0n) is 11.7. The Labute approximate surface area is 114 Å². The molecule has 0 amide bonds. The quantitative estimate of drug-likeness (QED) is 0.598. The van der Waals surface area contributed by atoms with Crippen molar-refractivity contribution in [3.8, 4) is 5.69 Å². The average molecular weight is 249 g/mol. The molecule has 0 spiro atoms. The van der Waals surface area contributed by atoms with Crippen molar-refractivity contribution in [1.82, 2.24) is 4.57 Å². The fraction of sp³-hybridized carbons (Fsp3) is 0.222. The molecule has 0 N–H and O–H groups in total. The molecule has 0 fully saturated rings. The van der Waals surface area contributed by atoms with Crippen molar-refractivity contribution in [2.45, 2.75) is 26.7 Å². The largest absolute Gasteiger partial charge is 0.317 e. The molecular weight excluding hydrogens is 230 g/mol. The van der Waals surface area contributed by atoms with Gasteiger partial charge in [-0.05, 0) is 53.6 Å². The van der Waals surface area contributed by atoms with Crippen LogP contribution in [0.4, 0.5) is 0 Å². The minimum Gasteiger partial charge on any atom is -0.317 e. The second-order valence-electron chi connectivity index (χ2n) is 5.44. The van der Waals surface area contributed by atoms with Gasteiger partial charge in [-0.25, -0.2) is 0 Å². The molecule has 0 aliphatic rings. The van der Waals surface area contributed by atoms with Crippen molar-refractivity contribution in [3.63, 3.8) is 0 Å². The van der Waals surface area contributed by atoms with E-state index in [4.69, 9.17) is 0 Å². The van der Waals surface area contributed by atoms with Crippen molar-refractivity contribution in [2.24, 2.45) is 0 Å². The topological polar surface area (TPSA) is 4.93 Å². The molecule has 0 saturated carbocycles. The molecule has 0 aliphatic heterocycles. The third-order valence-electron chi connectivity index (χ3n) is 3.75. The molecule has 3 rings (SSSR count). The molecule has 1 heterocycles. The molecule has 0 aliphatic carbocycles. The van der Waals surface area contributed by atoms with E-state index in [1.54, 1.807) is 0 Å². The first-order valence-electron chi connectivity index (χ1n) is 6.84. The monoisotopic (exact) mass is 249 g/mol. The van der Waals surface area contributed by atoms with Crippen LogP contribution < -0.4 is 0 Å². The summed E-state index contributed by atoms with van der Waals surface area (Å²) in [4.78, 5) is 0. The van der Waals surface area contributed by atoms with Gasteiger partial charge in [-0.1, -0.05) is 38.1 Å². The number of rotatable bonds is 2. The van der Waals surface area contributed by atoms with Crippen LogP contribution in [0.15, 0.2) is 54.7 Å². The number of aryl methyl sites for hydroxylation is 1. The molecule has 1 aromatic heterocycles. The highest BCUT2D eigenvalue weighted by Crippen LogP contribution is 2.25. The Kier molecular flexibility index (Phi) is 2.90. The van der Waals surface area contributed by atoms with Crippen molar-refractivity contribution >= 4 is 10.9 Å². The molecule has 2 aromatic carbocycles. The van der Waals surface area contributed by atoms with Gasteiger partial charge in [-0.3, -0.25) is 0 Å². The van der Waals surface area contributed by atoms with Gasteiger partial charge in [0.2, 0.25) is 0 Å². The van der Waals surface area contributed by atoms with Crippen molar-refractivity contribution < 1.29 is 0 Å². The number of aromatic nitrogens is 1. The molecule has 96 valence electrons. The molecule has 0 radical (unpaired) electrons. The maximum absolute atomic E-state index is 2.28. The number of benzene rings is 2. The lowest BCUT2D eigenvalue weighted by molar-refractivity contribution is 0.855. The molecule has 3 aromatic rings. The van der Waals surface area contributed by atoms with E-state index in [-0.39, 0.29) is 0 Å². The van der Waals surface area contributed by atoms with Crippen LogP contribution in [0.5, 0.6) is 0 Å². The molecule has 0 bridgehead atoms. The highest BCUT2D eigenvalue weighted by molar-refractivity contribution is 5.81. The second kappa shape index (κ2) is 4.58. The standard InChI is InChI=1S/C18H19N/c1-13(2)17-9-8-16(12-14(17)3)19-11-10-15-6-4-5-7-18(15)19/h4-13H,1-3H3. The Hall–Kier alpha value is -2.02. The summed E-state index contributed by atoms with van der Waals surface area (Å²) in [7, 11) is 0. The van der Waals surface area contributed by atoms with Crippen LogP contribution in [0, 0.1) is 6.92 Å². The van der Waals surface area contributed by atoms with Gasteiger partial charge < -0.3 is 4.57 Å². The number of fused-ring (bicyclic) bond motifs is 1. The van der Waals surface area contributed by atoms with E-state index in [1.165, 1.54) is 27.7 Å². The van der Waals surface area contributed by atoms with Gasteiger partial charge in [0, 0.05) is 11.9 Å². The van der Waals surface area contributed by atoms with Gasteiger partial charge in [-0.15, -0.1) is 0 Å². The van der Waals surface area contributed by atoms with Crippen LogP contribution in [0.3, 0.4) is 0 Å². The lowest BCUT2D eigenvalue weighted by Gasteiger charge is -2.13. The Balaban J connectivity index is 2.14. The lowest BCUT2D eigenvalue weighted by atomic mass is 9.97. The summed E-state index contributed by atoms with van der Waals surface area (Å²) < 4.78 is 2.26. The van der Waals surface area contributed by atoms with E-state index < -0.39 is 0 Å². The van der Waals surface area contributed by atoms with E-state index in [2.05, 4.69) is 80.1 Å². The van der Waals surface area contributed by atoms with Crippen LogP contribution in [-0.4, -0.2) is 4.57 Å². The summed E-state index contributed by atoms with van der Waals surface area (Å²) in [6.45, 7) is 6.69. The Morgan fingerprint density at radius 1 is 0.947 bits per heavy atom. The summed E-state index contributed by atoms with van der Waals surface area (Å²) in [6, 6.07) is 17.4. The average Bonchev–Trinajstić information content (AvgIpc) is 2.82. The summed E-state index contributed by atoms with van der Waals surface area (Å²) in [6.07, 6.45) is 2.15. The van der Waals surface area contributed by atoms with Crippen LogP contribution >= 0.6 is 0 Å². The minimum absolute atomic E-state index is 0.579. The van der Waals surface area contributed by atoms with Crippen molar-refractivity contribution in [2.75, 3.05) is 0 Å². The molecule has 0 atom stereocenters. The predicted octanol–water partition coefficient (Wildman–Crippen LogP) is 5.06. The van der Waals surface area contributed by atoms with E-state index >= 15 is 0 Å². The molecule has 0 unspecified atom stereocenters. The van der Waals surface area contributed by atoms with Gasteiger partial charge in [0.25, 0.3) is 0 Å². The number of nitrogens with zero attached hydrogens (tertiary/aromatic N) is 1. The molecular formula is C18H19N. The zero-order chi connectivity index (χ0) is 13.4. The predicted molar refractivity (Wildman–Crippen MR) is 82.1 cm³/mol. The molecule has 19 heavy (non-hydrogen) atoms. The molecule has 1 nitrogen and oxygen atoms in total. The summed E-state index contributed by atoms with van der Waals surface area (Å²) in [5, 5.41) is 1.29. The lowest BCUT2D eigenvalue weighted by Crippen LogP contribution is -1.96. The Morgan fingerprint density at radius 2 is 1.74 bits per heavy atom. The first-order valence-corrected chi connectivity index (χ1v) is 6.84. The fourth-order valence-corrected chi connectivity index (χ4v) is 2.77. The van der Waals surface area contributed by atoms with E-state index in [0.29, 0.717) is 5.92 Å². The maximum Gasteiger partial charge on any atom is 0.0528 e. The van der Waals surface area contributed by atoms with E-state index in [0.717, 1.165) is 0 Å². The van der Waals surface area contributed by atoms with Crippen LogP contribution in [0.1, 0.15) is 30.9 Å². The van der Waals surface area contributed by atoms with Crippen molar-refractivity contribution in [1.29, 1.82) is 0 Å². The van der Waals surface area contributed by atoms with Crippen LogP contribution in [0.2, 0.25) is 0 Å². The fourth-order valence-electron chi connectivity index (χ4n) is 2.77. The third-order valence-corrected chi connectivity index (χ3v) is 3.75. The van der Waals surface area contributed by atoms with Crippen molar-refractivity contribution in [3.05, 3.63) is 65.9 Å². The van der Waals surface area contributed by atoms with Gasteiger partial charge in [0.05, 0.1) is 5.52 Å². The summed E-state index contributed by atoms with van der Waals surface area (Å²) in [5.74, 6) is 0.579. The summed E-state index contributed by atoms with van der Waals surface area (Å²) in [5.41, 5.74) is 5.30. The van der Waals surface area contributed by atoms with Gasteiger partial charge in [-0.2, -0.15) is 0 Å². The van der Waals surface area contributed by atoms with Gasteiger partial charge in [0.1, 0.15) is 0 Å². The van der Waals surface area contributed by atoms with E-state index in [1.807, 2.05) is 0 Å². The van der Waals surface area contributed by atoms with Crippen LogP contribution in [-0.2, 0) is 0 Å². The maximum atomic E-state index is 2.28. The van der Waals surface area contributed by atoms with Gasteiger partial charge in [0.15, 0.2) is 0 Å². The van der Waals surface area contributed by atoms with E-state index in [9.17, 15) is 0 Å². The highest BCUT2D eigenvalue weighted by Gasteiger charge is 2.06. The van der Waals surface area contributed by atoms with Gasteiger partial charge >= 0.3 is 0 Å². The number of para-hydroxylation sites is 1. The smallest absolute Gasteiger partial charge is 0.0528 e. The highest BCUT2D eigenvalue weighted by atomic mass is 15.0. The van der Waals surface area contributed by atoms with Crippen LogP contribution in [0.25, 0.3) is 16.6 Å². The summed E-state index contributed by atoms with van der Waals surface area (Å²) >= 11 is 0. The Morgan fingerprint density at radius 3 is 2.47 bits per heavy atom. The third kappa shape index (κ3) is 2.06. The first-order chi connectivity index (χ1) is 9.16.